The minimum Gasteiger partial charge on any atom is -0.383 e. The van der Waals surface area contributed by atoms with E-state index in [-0.39, 0.29) is 18.0 Å². The first kappa shape index (κ1) is 25.7. The zero-order chi connectivity index (χ0) is 27.0. The van der Waals surface area contributed by atoms with E-state index in [2.05, 4.69) is 21.8 Å². The van der Waals surface area contributed by atoms with Crippen molar-refractivity contribution in [1.82, 2.24) is 19.7 Å². The van der Waals surface area contributed by atoms with Crippen molar-refractivity contribution in [2.45, 2.75) is 51.2 Å². The highest BCUT2D eigenvalue weighted by Gasteiger charge is 2.33. The van der Waals surface area contributed by atoms with Crippen LogP contribution < -0.4 is 5.73 Å². The number of carbonyl (C=O) groups excluding carboxylic acids is 1. The molecule has 6 nitrogen and oxygen atoms in total. The molecule has 0 spiro atoms. The molecule has 2 aromatic heterocycles. The molecule has 5 rings (SSSR count). The molecule has 2 N–H and O–H groups in total. The third kappa shape index (κ3) is 5.09. The topological polar surface area (TPSA) is 86.7 Å². The number of fused-ring (bicyclic) bond motifs is 1. The van der Waals surface area contributed by atoms with Gasteiger partial charge in [-0.15, -0.1) is 0 Å². The van der Waals surface area contributed by atoms with Crippen molar-refractivity contribution in [2.24, 2.45) is 0 Å². The molecule has 1 saturated carbocycles. The van der Waals surface area contributed by atoms with Crippen molar-refractivity contribution in [3.05, 3.63) is 81.3 Å². The molecule has 1 aliphatic rings. The highest BCUT2D eigenvalue weighted by atomic mass is 35.5. The van der Waals surface area contributed by atoms with Crippen molar-refractivity contribution in [3.63, 3.8) is 0 Å². The smallest absolute Gasteiger partial charge is 0.383 e. The van der Waals surface area contributed by atoms with Crippen LogP contribution in [-0.4, -0.2) is 25.5 Å². The number of hydrogen-bond donors (Lipinski definition) is 1. The van der Waals surface area contributed by atoms with E-state index in [1.54, 1.807) is 12.1 Å². The highest BCUT2D eigenvalue weighted by Crippen LogP contribution is 2.35. The summed E-state index contributed by atoms with van der Waals surface area (Å²) in [5.41, 5.74) is 8.37. The Labute approximate surface area is 222 Å². The number of nitrogens with zero attached hydrogens (tertiary/aromatic N) is 4. The first-order valence-corrected chi connectivity index (χ1v) is 12.5. The lowest BCUT2D eigenvalue weighted by molar-refractivity contribution is -0.137. The lowest BCUT2D eigenvalue weighted by Gasteiger charge is -2.11. The number of aromatic nitrogens is 4. The number of anilines is 1. The molecular formula is C28H23ClF3N5O. The van der Waals surface area contributed by atoms with E-state index in [0.717, 1.165) is 43.4 Å². The zero-order valence-electron chi connectivity index (χ0n) is 20.4. The summed E-state index contributed by atoms with van der Waals surface area (Å²) < 4.78 is 41.6. The van der Waals surface area contributed by atoms with Crippen LogP contribution in [0.4, 0.5) is 19.0 Å². The Morgan fingerprint density at radius 3 is 2.63 bits per heavy atom. The minimum atomic E-state index is -4.65. The quantitative estimate of drug-likeness (QED) is 0.243. The van der Waals surface area contributed by atoms with Crippen molar-refractivity contribution >= 4 is 34.2 Å². The number of rotatable bonds is 4. The van der Waals surface area contributed by atoms with Crippen molar-refractivity contribution < 1.29 is 18.0 Å². The van der Waals surface area contributed by atoms with Crippen LogP contribution in [0.3, 0.4) is 0 Å². The molecule has 2 heterocycles. The van der Waals surface area contributed by atoms with Gasteiger partial charge in [-0.05, 0) is 61.1 Å². The molecule has 1 fully saturated rings. The summed E-state index contributed by atoms with van der Waals surface area (Å²) in [6.07, 6.45) is 0.974. The van der Waals surface area contributed by atoms with Crippen LogP contribution in [0, 0.1) is 18.8 Å². The zero-order valence-corrected chi connectivity index (χ0v) is 21.2. The molecule has 4 aromatic rings. The third-order valence-electron chi connectivity index (χ3n) is 6.76. The van der Waals surface area contributed by atoms with Crippen molar-refractivity contribution in [2.75, 3.05) is 5.73 Å². The average molecular weight is 538 g/mol. The van der Waals surface area contributed by atoms with E-state index in [9.17, 15) is 18.0 Å². The maximum atomic E-state index is 13.2. The predicted octanol–water partition coefficient (Wildman–Crippen LogP) is 6.33. The summed E-state index contributed by atoms with van der Waals surface area (Å²) in [6, 6.07) is 8.76. The summed E-state index contributed by atoms with van der Waals surface area (Å²) in [4.78, 5) is 21.3. The van der Waals surface area contributed by atoms with Gasteiger partial charge in [-0.2, -0.15) is 18.3 Å². The molecule has 10 heteroatoms. The fourth-order valence-corrected chi connectivity index (χ4v) is 4.95. The van der Waals surface area contributed by atoms with Gasteiger partial charge in [-0.3, -0.25) is 4.79 Å². The van der Waals surface area contributed by atoms with E-state index in [1.807, 2.05) is 17.7 Å². The maximum Gasteiger partial charge on any atom is 0.417 e. The van der Waals surface area contributed by atoms with Crippen LogP contribution in [0.1, 0.15) is 70.0 Å². The molecule has 0 aliphatic heterocycles. The second-order valence-corrected chi connectivity index (χ2v) is 9.79. The fraction of sp³-hybridized carbons (Fsp3) is 0.286. The molecular weight excluding hydrogens is 515 g/mol. The van der Waals surface area contributed by atoms with Crippen LogP contribution in [0.2, 0.25) is 5.02 Å². The van der Waals surface area contributed by atoms with Gasteiger partial charge in [0.25, 0.3) is 0 Å². The number of ketones is 1. The lowest BCUT2D eigenvalue weighted by Crippen LogP contribution is -2.10. The molecule has 0 bridgehead atoms. The molecule has 0 atom stereocenters. The Morgan fingerprint density at radius 2 is 1.89 bits per heavy atom. The van der Waals surface area contributed by atoms with Gasteiger partial charge in [0.05, 0.1) is 22.0 Å². The molecule has 0 saturated heterocycles. The lowest BCUT2D eigenvalue weighted by atomic mass is 9.98. The standard InChI is InChI=1S/C28H23ClF3N5O/c1-16-6-7-17(13-24(38)19-8-10-22(29)21(14-19)28(30,31)32)12-18(16)9-11-23-25-26(33)34-15-35-27(25)37(36-23)20-4-2-3-5-20/h6-8,10,12,14-15,20H,2-5,13H2,1H3,(H2,33,34,35). The number of nitrogens with two attached hydrogens (primary N) is 1. The largest absolute Gasteiger partial charge is 0.417 e. The Kier molecular flexibility index (Phi) is 6.84. The number of hydrogen-bond acceptors (Lipinski definition) is 5. The Bertz CT molecular complexity index is 1610. The summed E-state index contributed by atoms with van der Waals surface area (Å²) in [5.74, 6) is 6.08. The van der Waals surface area contributed by atoms with Gasteiger partial charge in [0.1, 0.15) is 17.8 Å². The van der Waals surface area contributed by atoms with Gasteiger partial charge in [0.2, 0.25) is 0 Å². The third-order valence-corrected chi connectivity index (χ3v) is 7.09. The van der Waals surface area contributed by atoms with E-state index in [1.165, 1.54) is 12.4 Å². The molecule has 0 unspecified atom stereocenters. The van der Waals surface area contributed by atoms with Gasteiger partial charge in [0, 0.05) is 17.5 Å². The summed E-state index contributed by atoms with van der Waals surface area (Å²) >= 11 is 5.68. The Balaban J connectivity index is 1.45. The predicted molar refractivity (Wildman–Crippen MR) is 139 cm³/mol. The average Bonchev–Trinajstić information content (AvgIpc) is 3.52. The van der Waals surface area contributed by atoms with Crippen LogP contribution in [0.5, 0.6) is 0 Å². The molecule has 38 heavy (non-hydrogen) atoms. The van der Waals surface area contributed by atoms with Crippen LogP contribution in [-0.2, 0) is 12.6 Å². The summed E-state index contributed by atoms with van der Waals surface area (Å²) in [5, 5.41) is 4.89. The van der Waals surface area contributed by atoms with Gasteiger partial charge in [0.15, 0.2) is 11.4 Å². The monoisotopic (exact) mass is 537 g/mol. The normalized spacial score (nSPS) is 14.0. The SMILES string of the molecule is Cc1ccc(CC(=O)c2ccc(Cl)c(C(F)(F)F)c2)cc1C#Cc1nn(C2CCCC2)c2ncnc(N)c12. The van der Waals surface area contributed by atoms with Gasteiger partial charge >= 0.3 is 6.18 Å². The van der Waals surface area contributed by atoms with E-state index >= 15 is 0 Å². The number of carbonyl (C=O) groups is 1. The fourth-order valence-electron chi connectivity index (χ4n) is 4.73. The number of benzene rings is 2. The van der Waals surface area contributed by atoms with E-state index in [0.29, 0.717) is 33.7 Å². The molecule has 194 valence electrons. The number of Topliss-reactive ketones (excluding diaryl/α,β-unsaturated/α-hetero) is 1. The Morgan fingerprint density at radius 1 is 1.13 bits per heavy atom. The van der Waals surface area contributed by atoms with Crippen LogP contribution >= 0.6 is 11.6 Å². The second-order valence-electron chi connectivity index (χ2n) is 9.38. The van der Waals surface area contributed by atoms with E-state index < -0.39 is 22.5 Å². The summed E-state index contributed by atoms with van der Waals surface area (Å²) in [7, 11) is 0. The first-order valence-electron chi connectivity index (χ1n) is 12.1. The summed E-state index contributed by atoms with van der Waals surface area (Å²) in [6.45, 7) is 1.89. The van der Waals surface area contributed by atoms with Gasteiger partial charge in [-0.1, -0.05) is 42.5 Å². The van der Waals surface area contributed by atoms with Crippen molar-refractivity contribution in [3.8, 4) is 11.8 Å². The molecule has 0 amide bonds. The number of nitrogen functional groups attached to an aromatic ring is 1. The molecule has 0 radical (unpaired) electrons. The molecule has 1 aliphatic carbocycles. The van der Waals surface area contributed by atoms with Crippen LogP contribution in [0.25, 0.3) is 11.0 Å². The minimum absolute atomic E-state index is 0.0608. The Hall–Kier alpha value is -3.90. The molecule has 2 aromatic carbocycles. The first-order chi connectivity index (χ1) is 18.1. The van der Waals surface area contributed by atoms with Crippen LogP contribution in [0.15, 0.2) is 42.7 Å². The van der Waals surface area contributed by atoms with Crippen molar-refractivity contribution in [1.29, 1.82) is 0 Å². The second kappa shape index (κ2) is 10.1. The van der Waals surface area contributed by atoms with Gasteiger partial charge < -0.3 is 5.73 Å². The van der Waals surface area contributed by atoms with Gasteiger partial charge in [-0.25, -0.2) is 14.6 Å². The number of halogens is 4. The highest BCUT2D eigenvalue weighted by molar-refractivity contribution is 6.31. The number of alkyl halides is 3. The van der Waals surface area contributed by atoms with E-state index in [4.69, 9.17) is 22.4 Å². The number of aryl methyl sites for hydroxylation is 1. The maximum absolute atomic E-state index is 13.2.